The molecule has 0 saturated carbocycles. The molecule has 0 heterocycles. The first-order chi connectivity index (χ1) is 9.65. The van der Waals surface area contributed by atoms with Crippen LogP contribution in [-0.4, -0.2) is 12.1 Å². The number of nitrogens with one attached hydrogen (secondary N) is 1. The average Bonchev–Trinajstić information content (AvgIpc) is 2.43. The van der Waals surface area contributed by atoms with Crippen LogP contribution in [0.3, 0.4) is 0 Å². The third-order valence-electron chi connectivity index (χ3n) is 2.58. The van der Waals surface area contributed by atoms with Crippen molar-refractivity contribution in [2.24, 2.45) is 5.10 Å². The van der Waals surface area contributed by atoms with Crippen LogP contribution in [0.25, 0.3) is 0 Å². The van der Waals surface area contributed by atoms with Gasteiger partial charge in [0.2, 0.25) is 5.91 Å². The van der Waals surface area contributed by atoms with Gasteiger partial charge in [-0.05, 0) is 46.4 Å². The van der Waals surface area contributed by atoms with E-state index >= 15 is 0 Å². The lowest BCUT2D eigenvalue weighted by atomic mass is 10.1. The van der Waals surface area contributed by atoms with E-state index in [9.17, 15) is 4.79 Å². The maximum absolute atomic E-state index is 11.7. The van der Waals surface area contributed by atoms with Crippen LogP contribution >= 0.6 is 38.5 Å². The number of hydrogen-bond donors (Lipinski definition) is 1. The number of nitrogens with zero attached hydrogens (tertiary/aromatic N) is 1. The normalized spacial score (nSPS) is 10.7. The Hall–Kier alpha value is -1.21. The Labute approximate surface area is 139 Å². The minimum Gasteiger partial charge on any atom is -0.273 e. The monoisotopic (exact) mass is 442 g/mol. The van der Waals surface area contributed by atoms with Gasteiger partial charge in [0.05, 0.1) is 12.6 Å². The largest absolute Gasteiger partial charge is 0.273 e. The number of halogens is 2. The smallest absolute Gasteiger partial charge is 0.244 e. The molecule has 20 heavy (non-hydrogen) atoms. The molecule has 0 aliphatic heterocycles. The second-order valence-corrected chi connectivity index (χ2v) is 6.20. The molecule has 0 bridgehead atoms. The van der Waals surface area contributed by atoms with Crippen LogP contribution in [0.4, 0.5) is 0 Å². The van der Waals surface area contributed by atoms with E-state index in [1.54, 1.807) is 6.21 Å². The van der Waals surface area contributed by atoms with E-state index in [1.807, 2.05) is 48.5 Å². The summed E-state index contributed by atoms with van der Waals surface area (Å²) in [6, 6.07) is 15.5. The first-order valence-corrected chi connectivity index (χ1v) is 7.83. The van der Waals surface area contributed by atoms with Crippen LogP contribution in [0.5, 0.6) is 0 Å². The van der Waals surface area contributed by atoms with E-state index in [0.29, 0.717) is 6.42 Å². The predicted molar refractivity (Wildman–Crippen MR) is 92.7 cm³/mol. The minimum atomic E-state index is -0.130. The van der Waals surface area contributed by atoms with Gasteiger partial charge in [-0.25, -0.2) is 5.43 Å². The Balaban J connectivity index is 1.89. The fourth-order valence-electron chi connectivity index (χ4n) is 1.58. The van der Waals surface area contributed by atoms with E-state index in [2.05, 4.69) is 49.0 Å². The van der Waals surface area contributed by atoms with Crippen molar-refractivity contribution in [1.29, 1.82) is 0 Å². The quantitative estimate of drug-likeness (QED) is 0.437. The van der Waals surface area contributed by atoms with Crippen molar-refractivity contribution in [3.8, 4) is 0 Å². The summed E-state index contributed by atoms with van der Waals surface area (Å²) < 4.78 is 2.09. The molecule has 5 heteroatoms. The molecule has 0 aliphatic carbocycles. The van der Waals surface area contributed by atoms with Crippen molar-refractivity contribution >= 4 is 50.6 Å². The van der Waals surface area contributed by atoms with E-state index in [-0.39, 0.29) is 5.91 Å². The molecule has 0 atom stereocenters. The second kappa shape index (κ2) is 7.54. The molecule has 1 amide bonds. The zero-order valence-corrected chi connectivity index (χ0v) is 14.3. The van der Waals surface area contributed by atoms with Crippen LogP contribution in [0.2, 0.25) is 0 Å². The van der Waals surface area contributed by atoms with Crippen LogP contribution in [0.15, 0.2) is 58.1 Å². The summed E-state index contributed by atoms with van der Waals surface area (Å²) in [7, 11) is 0. The fraction of sp³-hybridized carbons (Fsp3) is 0.0667. The van der Waals surface area contributed by atoms with Crippen LogP contribution in [0.1, 0.15) is 11.1 Å². The maximum Gasteiger partial charge on any atom is 0.244 e. The number of amides is 1. The first kappa shape index (κ1) is 15.2. The van der Waals surface area contributed by atoms with E-state index in [4.69, 9.17) is 0 Å². The topological polar surface area (TPSA) is 41.5 Å². The standard InChI is InChI=1S/C15H12BrIN2O/c16-13-7-5-11(6-8-13)9-15(20)19-18-10-12-3-1-2-4-14(12)17/h1-8,10H,9H2,(H,19,20)/b18-10+. The number of hydrazone groups is 1. The van der Waals surface area contributed by atoms with Gasteiger partial charge in [0, 0.05) is 13.6 Å². The van der Waals surface area contributed by atoms with E-state index < -0.39 is 0 Å². The lowest BCUT2D eigenvalue weighted by Gasteiger charge is -2.01. The summed E-state index contributed by atoms with van der Waals surface area (Å²) in [5.74, 6) is -0.130. The van der Waals surface area contributed by atoms with Crippen LogP contribution < -0.4 is 5.43 Å². The van der Waals surface area contributed by atoms with Crippen LogP contribution in [0, 0.1) is 3.57 Å². The molecule has 0 saturated heterocycles. The van der Waals surface area contributed by atoms with Gasteiger partial charge >= 0.3 is 0 Å². The Morgan fingerprint density at radius 2 is 1.90 bits per heavy atom. The van der Waals surface area contributed by atoms with Gasteiger partial charge in [-0.2, -0.15) is 5.10 Å². The number of carbonyl (C=O) groups excluding carboxylic acids is 1. The van der Waals surface area contributed by atoms with Gasteiger partial charge in [0.25, 0.3) is 0 Å². The number of benzene rings is 2. The minimum absolute atomic E-state index is 0.130. The molecule has 2 aromatic carbocycles. The summed E-state index contributed by atoms with van der Waals surface area (Å²) in [5.41, 5.74) is 4.47. The Bertz CT molecular complexity index is 626. The maximum atomic E-state index is 11.7. The molecule has 2 aromatic rings. The second-order valence-electron chi connectivity index (χ2n) is 4.12. The third kappa shape index (κ3) is 4.72. The van der Waals surface area contributed by atoms with Crippen molar-refractivity contribution < 1.29 is 4.79 Å². The molecular weight excluding hydrogens is 431 g/mol. The van der Waals surface area contributed by atoms with Gasteiger partial charge < -0.3 is 0 Å². The fourth-order valence-corrected chi connectivity index (χ4v) is 2.37. The van der Waals surface area contributed by atoms with Crippen molar-refractivity contribution in [2.45, 2.75) is 6.42 Å². The summed E-state index contributed by atoms with van der Waals surface area (Å²) in [5, 5.41) is 3.98. The zero-order valence-electron chi connectivity index (χ0n) is 10.5. The highest BCUT2D eigenvalue weighted by Gasteiger charge is 2.02. The molecule has 0 fully saturated rings. The summed E-state index contributed by atoms with van der Waals surface area (Å²) in [6.07, 6.45) is 1.97. The van der Waals surface area contributed by atoms with Crippen LogP contribution in [-0.2, 0) is 11.2 Å². The summed E-state index contributed by atoms with van der Waals surface area (Å²) in [6.45, 7) is 0. The lowest BCUT2D eigenvalue weighted by molar-refractivity contribution is -0.120. The highest BCUT2D eigenvalue weighted by atomic mass is 127. The molecule has 0 unspecified atom stereocenters. The van der Waals surface area contributed by atoms with Crippen molar-refractivity contribution in [1.82, 2.24) is 5.43 Å². The SMILES string of the molecule is O=C(Cc1ccc(Br)cc1)N/N=C/c1ccccc1I. The van der Waals surface area contributed by atoms with Crippen molar-refractivity contribution in [2.75, 3.05) is 0 Å². The first-order valence-electron chi connectivity index (χ1n) is 5.96. The lowest BCUT2D eigenvalue weighted by Crippen LogP contribution is -2.19. The van der Waals surface area contributed by atoms with E-state index in [0.717, 1.165) is 19.2 Å². The molecule has 102 valence electrons. The average molecular weight is 443 g/mol. The van der Waals surface area contributed by atoms with Crippen molar-refractivity contribution in [3.05, 3.63) is 67.7 Å². The van der Waals surface area contributed by atoms with Gasteiger partial charge in [-0.1, -0.05) is 46.3 Å². The van der Waals surface area contributed by atoms with Gasteiger partial charge in [-0.3, -0.25) is 4.79 Å². The number of carbonyl (C=O) groups is 1. The summed E-state index contributed by atoms with van der Waals surface area (Å²) in [4.78, 5) is 11.7. The highest BCUT2D eigenvalue weighted by Crippen LogP contribution is 2.11. The van der Waals surface area contributed by atoms with Gasteiger partial charge in [-0.15, -0.1) is 0 Å². The van der Waals surface area contributed by atoms with Gasteiger partial charge in [0.15, 0.2) is 0 Å². The molecule has 3 nitrogen and oxygen atoms in total. The Morgan fingerprint density at radius 1 is 1.20 bits per heavy atom. The molecule has 1 N–H and O–H groups in total. The zero-order chi connectivity index (χ0) is 14.4. The molecule has 0 aromatic heterocycles. The molecule has 2 rings (SSSR count). The molecule has 0 aliphatic rings. The predicted octanol–water partition coefficient (Wildman–Crippen LogP) is 3.75. The Morgan fingerprint density at radius 3 is 2.60 bits per heavy atom. The molecule has 0 spiro atoms. The molecule has 0 radical (unpaired) electrons. The van der Waals surface area contributed by atoms with Crippen molar-refractivity contribution in [3.63, 3.8) is 0 Å². The Kier molecular flexibility index (Phi) is 5.72. The number of rotatable bonds is 4. The number of hydrogen-bond acceptors (Lipinski definition) is 2. The summed E-state index contributed by atoms with van der Waals surface area (Å²) >= 11 is 5.59. The third-order valence-corrected chi connectivity index (χ3v) is 4.09. The molecular formula is C15H12BrIN2O. The van der Waals surface area contributed by atoms with E-state index in [1.165, 1.54) is 0 Å². The van der Waals surface area contributed by atoms with Gasteiger partial charge in [0.1, 0.15) is 0 Å². The highest BCUT2D eigenvalue weighted by molar-refractivity contribution is 14.1.